The van der Waals surface area contributed by atoms with Crippen molar-refractivity contribution in [3.8, 4) is 6.07 Å². The maximum atomic E-state index is 15.6. The van der Waals surface area contributed by atoms with Gasteiger partial charge < -0.3 is 9.84 Å². The lowest BCUT2D eigenvalue weighted by molar-refractivity contribution is -0.138. The van der Waals surface area contributed by atoms with Crippen LogP contribution in [0.25, 0.3) is 0 Å². The summed E-state index contributed by atoms with van der Waals surface area (Å²) in [6.07, 6.45) is 7.94. The van der Waals surface area contributed by atoms with Crippen molar-refractivity contribution in [2.24, 2.45) is 17.8 Å². The highest BCUT2D eigenvalue weighted by molar-refractivity contribution is 5.75. The minimum absolute atomic E-state index is 0.0258. The van der Waals surface area contributed by atoms with Crippen molar-refractivity contribution in [3.63, 3.8) is 0 Å². The van der Waals surface area contributed by atoms with Crippen LogP contribution in [0.2, 0.25) is 0 Å². The van der Waals surface area contributed by atoms with E-state index in [1.54, 1.807) is 30.4 Å². The first-order valence-corrected chi connectivity index (χ1v) is 9.90. The fourth-order valence-electron chi connectivity index (χ4n) is 4.62. The Labute approximate surface area is 165 Å². The van der Waals surface area contributed by atoms with E-state index in [9.17, 15) is 15.2 Å². The number of allylic oxidation sites excluding steroid dienone is 2. The molecule has 4 nitrogen and oxygen atoms in total. The first-order valence-electron chi connectivity index (χ1n) is 9.90. The van der Waals surface area contributed by atoms with E-state index in [0.29, 0.717) is 23.7 Å². The molecule has 2 aliphatic carbocycles. The molecule has 0 spiro atoms. The molecule has 28 heavy (non-hydrogen) atoms. The number of carboxylic acids is 1. The van der Waals surface area contributed by atoms with Crippen LogP contribution >= 0.6 is 0 Å². The molecule has 0 aliphatic heterocycles. The third-order valence-electron chi connectivity index (χ3n) is 6.11. The van der Waals surface area contributed by atoms with Gasteiger partial charge in [-0.2, -0.15) is 5.26 Å². The molecule has 0 radical (unpaired) electrons. The van der Waals surface area contributed by atoms with Crippen molar-refractivity contribution in [2.75, 3.05) is 13.2 Å². The van der Waals surface area contributed by atoms with E-state index in [0.717, 1.165) is 32.3 Å². The van der Waals surface area contributed by atoms with Crippen molar-refractivity contribution in [2.45, 2.75) is 38.0 Å². The third kappa shape index (κ3) is 3.74. The summed E-state index contributed by atoms with van der Waals surface area (Å²) < 4.78 is 21.2. The zero-order valence-electron chi connectivity index (χ0n) is 16.1. The smallest absolute Gasteiger partial charge is 0.314 e. The van der Waals surface area contributed by atoms with Gasteiger partial charge in [-0.05, 0) is 62.1 Å². The number of aliphatic carboxylic acids is 1. The predicted octanol–water partition coefficient (Wildman–Crippen LogP) is 4.76. The van der Waals surface area contributed by atoms with Crippen LogP contribution in [0.5, 0.6) is 0 Å². The lowest BCUT2D eigenvalue weighted by atomic mass is 9.60. The van der Waals surface area contributed by atoms with E-state index >= 15 is 4.39 Å². The van der Waals surface area contributed by atoms with Gasteiger partial charge in [0.15, 0.2) is 0 Å². The van der Waals surface area contributed by atoms with Crippen LogP contribution in [0.15, 0.2) is 48.3 Å². The average molecular weight is 383 g/mol. The second-order valence-corrected chi connectivity index (χ2v) is 7.64. The molecule has 1 N–H and O–H groups in total. The average Bonchev–Trinajstić information content (AvgIpc) is 2.72. The van der Waals surface area contributed by atoms with Crippen molar-refractivity contribution in [1.29, 1.82) is 5.26 Å². The highest BCUT2D eigenvalue weighted by Gasteiger charge is 2.47. The van der Waals surface area contributed by atoms with Crippen molar-refractivity contribution >= 4 is 5.97 Å². The number of hydrogen-bond donors (Lipinski definition) is 1. The molecule has 0 saturated heterocycles. The number of rotatable bonds is 6. The molecule has 1 fully saturated rings. The molecule has 1 aromatic rings. The van der Waals surface area contributed by atoms with Crippen molar-refractivity contribution in [1.82, 2.24) is 0 Å². The Bertz CT molecular complexity index is 817. The number of carboxylic acid groups (broad SMARTS) is 1. The summed E-state index contributed by atoms with van der Waals surface area (Å²) in [5.74, 6) is -2.07. The number of ether oxygens (including phenoxy) is 1. The van der Waals surface area contributed by atoms with Crippen LogP contribution in [-0.2, 0) is 14.9 Å². The summed E-state index contributed by atoms with van der Waals surface area (Å²) in [6.45, 7) is 3.39. The van der Waals surface area contributed by atoms with E-state index in [1.807, 2.05) is 13.0 Å². The highest BCUT2D eigenvalue weighted by Crippen LogP contribution is 2.51. The molecule has 0 bridgehead atoms. The monoisotopic (exact) mass is 383 g/mol. The summed E-state index contributed by atoms with van der Waals surface area (Å²) in [5.41, 5.74) is -0.0185. The lowest BCUT2D eigenvalue weighted by Crippen LogP contribution is -2.40. The second kappa shape index (κ2) is 8.70. The molecular formula is C23H26FNO3. The van der Waals surface area contributed by atoms with Gasteiger partial charge in [0.2, 0.25) is 0 Å². The Morgan fingerprint density at radius 2 is 2.04 bits per heavy atom. The molecule has 3 rings (SSSR count). The molecule has 2 atom stereocenters. The molecular weight excluding hydrogens is 357 g/mol. The van der Waals surface area contributed by atoms with Gasteiger partial charge in [0.1, 0.15) is 5.83 Å². The molecule has 5 heteroatoms. The Morgan fingerprint density at radius 1 is 1.32 bits per heavy atom. The van der Waals surface area contributed by atoms with Crippen LogP contribution in [0.4, 0.5) is 4.39 Å². The van der Waals surface area contributed by atoms with Crippen LogP contribution in [0, 0.1) is 29.1 Å². The zero-order chi connectivity index (χ0) is 20.1. The Morgan fingerprint density at radius 3 is 2.64 bits per heavy atom. The fraction of sp³-hybridized carbons (Fsp3) is 0.478. The topological polar surface area (TPSA) is 70.3 Å². The maximum absolute atomic E-state index is 15.6. The minimum Gasteiger partial charge on any atom is -0.481 e. The van der Waals surface area contributed by atoms with Gasteiger partial charge in [0.25, 0.3) is 0 Å². The van der Waals surface area contributed by atoms with Gasteiger partial charge >= 0.3 is 5.97 Å². The summed E-state index contributed by atoms with van der Waals surface area (Å²) >= 11 is 0. The van der Waals surface area contributed by atoms with Gasteiger partial charge in [-0.15, -0.1) is 0 Å². The maximum Gasteiger partial charge on any atom is 0.314 e. The highest BCUT2D eigenvalue weighted by atomic mass is 19.1. The number of hydrogen-bond acceptors (Lipinski definition) is 3. The summed E-state index contributed by atoms with van der Waals surface area (Å²) in [7, 11) is 0. The molecule has 0 aromatic heterocycles. The lowest BCUT2D eigenvalue weighted by Gasteiger charge is -2.43. The minimum atomic E-state index is -1.08. The Kier molecular flexibility index (Phi) is 6.31. The van der Waals surface area contributed by atoms with E-state index in [1.165, 1.54) is 6.08 Å². The normalized spacial score (nSPS) is 29.8. The number of carbonyl (C=O) groups is 1. The zero-order valence-corrected chi connectivity index (χ0v) is 16.1. The van der Waals surface area contributed by atoms with Crippen molar-refractivity contribution < 1.29 is 19.0 Å². The SMILES string of the molecule is CCOC[C@H]1CC[C@H](C2(c3ccccc3C#N)C=CC(C(=O)O)C=C2F)CC1. The molecule has 2 aliphatic rings. The van der Waals surface area contributed by atoms with Crippen LogP contribution < -0.4 is 0 Å². The van der Waals surface area contributed by atoms with Crippen LogP contribution in [0.3, 0.4) is 0 Å². The van der Waals surface area contributed by atoms with Gasteiger partial charge in [0.05, 0.1) is 23.0 Å². The van der Waals surface area contributed by atoms with Gasteiger partial charge in [0, 0.05) is 13.2 Å². The number of benzene rings is 1. The summed E-state index contributed by atoms with van der Waals surface area (Å²) in [4.78, 5) is 11.4. The van der Waals surface area contributed by atoms with Gasteiger partial charge in [-0.25, -0.2) is 4.39 Å². The van der Waals surface area contributed by atoms with Crippen LogP contribution in [0.1, 0.15) is 43.7 Å². The Hall–Kier alpha value is -2.45. The van der Waals surface area contributed by atoms with E-state index < -0.39 is 23.1 Å². The van der Waals surface area contributed by atoms with Gasteiger partial charge in [-0.3, -0.25) is 4.79 Å². The first kappa shape index (κ1) is 20.3. The summed E-state index contributed by atoms with van der Waals surface area (Å²) in [6, 6.07) is 9.25. The molecule has 0 heterocycles. The number of nitrogens with zero attached hydrogens (tertiary/aromatic N) is 1. The van der Waals surface area contributed by atoms with E-state index in [4.69, 9.17) is 4.74 Å². The molecule has 1 aromatic carbocycles. The quantitative estimate of drug-likeness (QED) is 0.719. The van der Waals surface area contributed by atoms with Crippen LogP contribution in [-0.4, -0.2) is 24.3 Å². The second-order valence-electron chi connectivity index (χ2n) is 7.64. The van der Waals surface area contributed by atoms with Crippen molar-refractivity contribution in [3.05, 3.63) is 59.4 Å². The molecule has 2 unspecified atom stereocenters. The number of halogens is 1. The fourth-order valence-corrected chi connectivity index (χ4v) is 4.62. The number of nitriles is 1. The molecule has 1 saturated carbocycles. The van der Waals surface area contributed by atoms with E-state index in [-0.39, 0.29) is 5.92 Å². The first-order chi connectivity index (χ1) is 13.5. The molecule has 0 amide bonds. The molecule has 148 valence electrons. The predicted molar refractivity (Wildman–Crippen MR) is 104 cm³/mol. The van der Waals surface area contributed by atoms with E-state index in [2.05, 4.69) is 6.07 Å². The summed E-state index contributed by atoms with van der Waals surface area (Å²) in [5, 5.41) is 18.9. The van der Waals surface area contributed by atoms with Gasteiger partial charge in [-0.1, -0.05) is 30.4 Å². The Balaban J connectivity index is 1.98. The standard InChI is InChI=1S/C23H26FNO3/c1-2-28-15-16-7-9-19(10-8-16)23(20-6-4-3-5-18(20)14-25)12-11-17(22(26)27)13-21(23)24/h3-6,11-13,16-17,19H,2,7-10,15H2,1H3,(H,26,27)/t16-,17?,19-,23?. The largest absolute Gasteiger partial charge is 0.481 e. The third-order valence-corrected chi connectivity index (χ3v) is 6.11.